The van der Waals surface area contributed by atoms with Gasteiger partial charge in [-0.1, -0.05) is 0 Å². The van der Waals surface area contributed by atoms with Crippen molar-refractivity contribution < 1.29 is 13.6 Å². The van der Waals surface area contributed by atoms with Crippen LogP contribution in [0.5, 0.6) is 0 Å². The first-order valence-electron chi connectivity index (χ1n) is 6.59. The second-order valence-corrected chi connectivity index (χ2v) is 6.26. The Morgan fingerprint density at radius 3 is 2.81 bits per heavy atom. The number of carbonyl (C=O) groups excluding carboxylic acids is 1. The van der Waals surface area contributed by atoms with Gasteiger partial charge in [0.15, 0.2) is 5.76 Å². The molecule has 2 heterocycles. The number of rotatable bonds is 3. The molecule has 0 bridgehead atoms. The Balaban J connectivity index is 1.80. The van der Waals surface area contributed by atoms with Gasteiger partial charge in [-0.25, -0.2) is 4.39 Å². The van der Waals surface area contributed by atoms with E-state index in [1.54, 1.807) is 17.4 Å². The number of benzene rings is 1. The fourth-order valence-electron chi connectivity index (χ4n) is 2.15. The van der Waals surface area contributed by atoms with Crippen LogP contribution in [0.25, 0.3) is 11.0 Å². The van der Waals surface area contributed by atoms with E-state index in [9.17, 15) is 9.18 Å². The van der Waals surface area contributed by atoms with E-state index in [2.05, 4.69) is 5.32 Å². The summed E-state index contributed by atoms with van der Waals surface area (Å²) in [6.45, 7) is 3.95. The van der Waals surface area contributed by atoms with Crippen LogP contribution >= 0.6 is 11.3 Å². The fraction of sp³-hybridized carbons (Fsp3) is 0.188. The van der Waals surface area contributed by atoms with E-state index in [0.717, 1.165) is 4.88 Å². The van der Waals surface area contributed by atoms with Crippen molar-refractivity contribution in [1.82, 2.24) is 5.32 Å². The molecule has 108 valence electrons. The highest BCUT2D eigenvalue weighted by Crippen LogP contribution is 2.24. The second kappa shape index (κ2) is 5.33. The van der Waals surface area contributed by atoms with Gasteiger partial charge in [0, 0.05) is 15.1 Å². The summed E-state index contributed by atoms with van der Waals surface area (Å²) in [6.07, 6.45) is 0. The lowest BCUT2D eigenvalue weighted by molar-refractivity contribution is 0.0914. The first-order chi connectivity index (χ1) is 10.0. The van der Waals surface area contributed by atoms with Gasteiger partial charge in [-0.05, 0) is 50.2 Å². The molecule has 0 aliphatic carbocycles. The zero-order valence-electron chi connectivity index (χ0n) is 11.6. The summed E-state index contributed by atoms with van der Waals surface area (Å²) < 4.78 is 18.6. The van der Waals surface area contributed by atoms with E-state index in [1.165, 1.54) is 23.1 Å². The Bertz CT molecular complexity index is 806. The highest BCUT2D eigenvalue weighted by Gasteiger charge is 2.16. The van der Waals surface area contributed by atoms with Crippen molar-refractivity contribution in [3.8, 4) is 0 Å². The molecular formula is C16H14FNO2S. The number of thiophene rings is 1. The molecule has 0 saturated heterocycles. The van der Waals surface area contributed by atoms with Crippen LogP contribution in [0, 0.1) is 12.7 Å². The highest BCUT2D eigenvalue weighted by molar-refractivity contribution is 7.12. The third-order valence-corrected chi connectivity index (χ3v) is 4.42. The summed E-state index contributed by atoms with van der Waals surface area (Å²) in [5, 5.41) is 3.47. The van der Waals surface area contributed by atoms with Gasteiger partial charge in [-0.3, -0.25) is 4.79 Å². The van der Waals surface area contributed by atoms with Crippen LogP contribution in [0.15, 0.2) is 40.8 Å². The third kappa shape index (κ3) is 2.83. The number of hydrogen-bond acceptors (Lipinski definition) is 3. The zero-order chi connectivity index (χ0) is 15.0. The number of nitrogens with one attached hydrogen (secondary N) is 1. The zero-order valence-corrected chi connectivity index (χ0v) is 12.5. The Kier molecular flexibility index (Phi) is 3.51. The Hall–Kier alpha value is -2.14. The molecule has 1 atom stereocenters. The summed E-state index contributed by atoms with van der Waals surface area (Å²) in [7, 11) is 0. The molecule has 1 unspecified atom stereocenters. The summed E-state index contributed by atoms with van der Waals surface area (Å²) in [4.78, 5) is 14.5. The lowest BCUT2D eigenvalue weighted by Crippen LogP contribution is -2.25. The van der Waals surface area contributed by atoms with Crippen molar-refractivity contribution in [3.05, 3.63) is 57.7 Å². The number of furan rings is 1. The van der Waals surface area contributed by atoms with Gasteiger partial charge < -0.3 is 9.73 Å². The molecule has 0 fully saturated rings. The molecule has 1 N–H and O–H groups in total. The molecule has 5 heteroatoms. The maximum absolute atomic E-state index is 13.1. The van der Waals surface area contributed by atoms with Crippen LogP contribution in [-0.2, 0) is 0 Å². The van der Waals surface area contributed by atoms with Gasteiger partial charge in [-0.2, -0.15) is 0 Å². The predicted octanol–water partition coefficient (Wildman–Crippen LogP) is 4.43. The molecule has 1 aromatic carbocycles. The molecule has 3 rings (SSSR count). The maximum Gasteiger partial charge on any atom is 0.287 e. The lowest BCUT2D eigenvalue weighted by atomic mass is 10.2. The quantitative estimate of drug-likeness (QED) is 0.777. The molecule has 0 radical (unpaired) electrons. The van der Waals surface area contributed by atoms with Crippen LogP contribution in [0.3, 0.4) is 0 Å². The molecule has 2 aromatic heterocycles. The highest BCUT2D eigenvalue weighted by atomic mass is 32.1. The maximum atomic E-state index is 13.1. The Morgan fingerprint density at radius 1 is 1.29 bits per heavy atom. The molecule has 1 amide bonds. The molecule has 3 nitrogen and oxygen atoms in total. The van der Waals surface area contributed by atoms with Crippen molar-refractivity contribution in [2.75, 3.05) is 0 Å². The van der Waals surface area contributed by atoms with Crippen LogP contribution in [-0.4, -0.2) is 5.91 Å². The van der Waals surface area contributed by atoms with Crippen molar-refractivity contribution >= 4 is 28.2 Å². The largest absolute Gasteiger partial charge is 0.451 e. The number of hydrogen-bond donors (Lipinski definition) is 1. The van der Waals surface area contributed by atoms with E-state index >= 15 is 0 Å². The Morgan fingerprint density at radius 2 is 2.10 bits per heavy atom. The lowest BCUT2D eigenvalue weighted by Gasteiger charge is -2.10. The van der Waals surface area contributed by atoms with Gasteiger partial charge in [0.1, 0.15) is 11.4 Å². The molecule has 0 saturated carbocycles. The van der Waals surface area contributed by atoms with Crippen LogP contribution in [0.2, 0.25) is 0 Å². The molecule has 0 aliphatic rings. The first-order valence-corrected chi connectivity index (χ1v) is 7.41. The minimum atomic E-state index is -0.349. The first kappa shape index (κ1) is 13.8. The molecule has 21 heavy (non-hydrogen) atoms. The van der Waals surface area contributed by atoms with Crippen molar-refractivity contribution in [1.29, 1.82) is 0 Å². The van der Waals surface area contributed by atoms with E-state index in [-0.39, 0.29) is 23.5 Å². The van der Waals surface area contributed by atoms with Crippen molar-refractivity contribution in [2.24, 2.45) is 0 Å². The van der Waals surface area contributed by atoms with Gasteiger partial charge in [0.2, 0.25) is 0 Å². The number of amides is 1. The van der Waals surface area contributed by atoms with Crippen LogP contribution < -0.4 is 5.32 Å². The van der Waals surface area contributed by atoms with Crippen LogP contribution in [0.4, 0.5) is 4.39 Å². The predicted molar refractivity (Wildman–Crippen MR) is 81.1 cm³/mol. The summed E-state index contributed by atoms with van der Waals surface area (Å²) >= 11 is 1.65. The van der Waals surface area contributed by atoms with Gasteiger partial charge >= 0.3 is 0 Å². The fourth-order valence-corrected chi connectivity index (χ4v) is 3.03. The topological polar surface area (TPSA) is 42.2 Å². The average molecular weight is 303 g/mol. The average Bonchev–Trinajstić information content (AvgIpc) is 3.04. The smallest absolute Gasteiger partial charge is 0.287 e. The molecule has 0 spiro atoms. The normalized spacial score (nSPS) is 12.5. The van der Waals surface area contributed by atoms with Crippen molar-refractivity contribution in [3.63, 3.8) is 0 Å². The second-order valence-electron chi connectivity index (χ2n) is 4.94. The minimum Gasteiger partial charge on any atom is -0.451 e. The van der Waals surface area contributed by atoms with E-state index in [0.29, 0.717) is 11.0 Å². The summed E-state index contributed by atoms with van der Waals surface area (Å²) in [5.41, 5.74) is 0.501. The number of fused-ring (bicyclic) bond motifs is 1. The number of carbonyl (C=O) groups is 1. The van der Waals surface area contributed by atoms with Gasteiger partial charge in [0.25, 0.3) is 5.91 Å². The molecular weight excluding hydrogens is 289 g/mol. The van der Waals surface area contributed by atoms with Gasteiger partial charge in [-0.15, -0.1) is 11.3 Å². The SMILES string of the molecule is Cc1ccc(C(C)NC(=O)c2cc3cc(F)ccc3o2)s1. The number of aryl methyl sites for hydroxylation is 1. The molecule has 3 aromatic rings. The summed E-state index contributed by atoms with van der Waals surface area (Å²) in [5.74, 6) is -0.460. The van der Waals surface area contributed by atoms with E-state index in [4.69, 9.17) is 4.42 Å². The standard InChI is InChI=1S/C16H14FNO2S/c1-9-3-6-15(21-9)10(2)18-16(19)14-8-11-7-12(17)4-5-13(11)20-14/h3-8,10H,1-2H3,(H,18,19). The van der Waals surface area contributed by atoms with E-state index < -0.39 is 0 Å². The van der Waals surface area contributed by atoms with Gasteiger partial charge in [0.05, 0.1) is 6.04 Å². The monoisotopic (exact) mass is 303 g/mol. The summed E-state index contributed by atoms with van der Waals surface area (Å²) in [6, 6.07) is 9.66. The minimum absolute atomic E-state index is 0.0962. The van der Waals surface area contributed by atoms with E-state index in [1.807, 2.05) is 26.0 Å². The van der Waals surface area contributed by atoms with Crippen LogP contribution in [0.1, 0.15) is 33.3 Å². The van der Waals surface area contributed by atoms with Crippen molar-refractivity contribution in [2.45, 2.75) is 19.9 Å². The Labute approximate surface area is 125 Å². The third-order valence-electron chi connectivity index (χ3n) is 3.24. The molecule has 0 aliphatic heterocycles. The number of halogens is 1.